The van der Waals surface area contributed by atoms with Crippen molar-refractivity contribution in [3.05, 3.63) is 59.2 Å². The van der Waals surface area contributed by atoms with Gasteiger partial charge in [-0.3, -0.25) is 4.79 Å². The number of anilines is 1. The van der Waals surface area contributed by atoms with E-state index >= 15 is 0 Å². The van der Waals surface area contributed by atoms with E-state index in [0.717, 1.165) is 12.2 Å². The van der Waals surface area contributed by atoms with Gasteiger partial charge >= 0.3 is 0 Å². The summed E-state index contributed by atoms with van der Waals surface area (Å²) in [4.78, 5) is 13.1. The largest absolute Gasteiger partial charge is 0.379 e. The second kappa shape index (κ2) is 10.1. The molecule has 0 unspecified atom stereocenters. The van der Waals surface area contributed by atoms with Crippen LogP contribution in [-0.2, 0) is 32.5 Å². The van der Waals surface area contributed by atoms with Crippen LogP contribution in [0.4, 0.5) is 5.69 Å². The van der Waals surface area contributed by atoms with Crippen LogP contribution in [-0.4, -0.2) is 51.5 Å². The molecule has 2 aliphatic rings. The third kappa shape index (κ3) is 5.56. The average molecular weight is 459 g/mol. The molecule has 1 N–H and O–H groups in total. The zero-order valence-corrected chi connectivity index (χ0v) is 19.2. The number of nitrogens with one attached hydrogen (secondary N) is 1. The number of morpholine rings is 1. The zero-order valence-electron chi connectivity index (χ0n) is 18.4. The minimum atomic E-state index is -3.70. The molecule has 1 saturated heterocycles. The van der Waals surface area contributed by atoms with E-state index in [0.29, 0.717) is 62.1 Å². The summed E-state index contributed by atoms with van der Waals surface area (Å²) in [6, 6.07) is 12.4. The Balaban J connectivity index is 1.49. The van der Waals surface area contributed by atoms with Gasteiger partial charge in [0.25, 0.3) is 5.91 Å². The Hall–Kier alpha value is -2.26. The van der Waals surface area contributed by atoms with E-state index < -0.39 is 10.0 Å². The average Bonchev–Trinajstić information content (AvgIpc) is 3.64. The fraction of sp³-hybridized carbons (Fsp3) is 0.458. The Kier molecular flexibility index (Phi) is 7.25. The van der Waals surface area contributed by atoms with Crippen LogP contribution in [0.2, 0.25) is 0 Å². The first-order chi connectivity index (χ1) is 15.5. The quantitative estimate of drug-likeness (QED) is 0.622. The Bertz CT molecular complexity index is 1060. The molecule has 172 valence electrons. The maximum atomic E-state index is 13.2. The summed E-state index contributed by atoms with van der Waals surface area (Å²) in [5.41, 5.74) is 2.65. The molecule has 2 aromatic carbocycles. The van der Waals surface area contributed by atoms with Crippen LogP contribution in [0.15, 0.2) is 47.4 Å². The summed E-state index contributed by atoms with van der Waals surface area (Å²) in [6.07, 6.45) is 3.05. The second-order valence-electron chi connectivity index (χ2n) is 8.31. The van der Waals surface area contributed by atoms with Crippen molar-refractivity contribution >= 4 is 21.6 Å². The van der Waals surface area contributed by atoms with Gasteiger partial charge < -0.3 is 14.8 Å². The van der Waals surface area contributed by atoms with Gasteiger partial charge in [-0.2, -0.15) is 4.31 Å². The molecule has 2 fully saturated rings. The Labute approximate surface area is 189 Å². The van der Waals surface area contributed by atoms with Gasteiger partial charge in [-0.1, -0.05) is 25.1 Å². The van der Waals surface area contributed by atoms with Crippen LogP contribution < -0.4 is 5.32 Å². The minimum absolute atomic E-state index is 0.191. The first-order valence-electron chi connectivity index (χ1n) is 11.2. The molecule has 1 heterocycles. The van der Waals surface area contributed by atoms with Gasteiger partial charge in [-0.05, 0) is 60.6 Å². The molecule has 1 aliphatic carbocycles. The third-order valence-electron chi connectivity index (χ3n) is 5.80. The summed E-state index contributed by atoms with van der Waals surface area (Å²) in [5, 5.41) is 2.88. The number of nitrogens with zero attached hydrogens (tertiary/aromatic N) is 1. The number of hydrogen-bond acceptors (Lipinski definition) is 5. The van der Waals surface area contributed by atoms with Gasteiger partial charge in [0, 0.05) is 30.9 Å². The molecule has 1 aliphatic heterocycles. The Morgan fingerprint density at radius 2 is 1.94 bits per heavy atom. The van der Waals surface area contributed by atoms with Gasteiger partial charge in [-0.25, -0.2) is 8.42 Å². The highest BCUT2D eigenvalue weighted by Crippen LogP contribution is 2.29. The van der Waals surface area contributed by atoms with Gasteiger partial charge in [-0.15, -0.1) is 0 Å². The van der Waals surface area contributed by atoms with Crippen molar-refractivity contribution in [1.29, 1.82) is 0 Å². The number of rotatable bonds is 9. The highest BCUT2D eigenvalue weighted by atomic mass is 32.2. The molecule has 0 atom stereocenters. The highest BCUT2D eigenvalue weighted by molar-refractivity contribution is 7.89. The lowest BCUT2D eigenvalue weighted by molar-refractivity contribution is 0.0730. The molecule has 1 amide bonds. The van der Waals surface area contributed by atoms with Crippen LogP contribution in [0.25, 0.3) is 0 Å². The summed E-state index contributed by atoms with van der Waals surface area (Å²) in [5.74, 6) is 0.356. The van der Waals surface area contributed by atoms with E-state index in [9.17, 15) is 13.2 Å². The van der Waals surface area contributed by atoms with Gasteiger partial charge in [0.15, 0.2) is 0 Å². The predicted molar refractivity (Wildman–Crippen MR) is 122 cm³/mol. The first-order valence-corrected chi connectivity index (χ1v) is 12.6. The van der Waals surface area contributed by atoms with Crippen molar-refractivity contribution in [3.63, 3.8) is 0 Å². The number of ether oxygens (including phenoxy) is 2. The highest BCUT2D eigenvalue weighted by Gasteiger charge is 2.29. The van der Waals surface area contributed by atoms with E-state index in [-0.39, 0.29) is 10.8 Å². The molecule has 0 radical (unpaired) electrons. The van der Waals surface area contributed by atoms with Crippen LogP contribution in [0.3, 0.4) is 0 Å². The summed E-state index contributed by atoms with van der Waals surface area (Å²) >= 11 is 0. The van der Waals surface area contributed by atoms with E-state index in [1.807, 2.05) is 31.2 Å². The smallest absolute Gasteiger partial charge is 0.255 e. The first kappa shape index (κ1) is 22.9. The molecule has 8 heteroatoms. The third-order valence-corrected chi connectivity index (χ3v) is 7.78. The summed E-state index contributed by atoms with van der Waals surface area (Å²) in [7, 11) is -3.70. The lowest BCUT2D eigenvalue weighted by Gasteiger charge is -2.27. The van der Waals surface area contributed by atoms with Gasteiger partial charge in [0.05, 0.1) is 24.7 Å². The molecule has 0 bridgehead atoms. The molecular formula is C24H30N2O5S. The standard InChI is InChI=1S/C24H30N2O5S/c1-2-20-8-9-21(15-23(20)32(28,29)26-10-12-30-13-11-26)24(27)25-22-5-3-4-19(14-22)17-31-16-18-6-7-18/h3-5,8-9,14-15,18H,2,6-7,10-13,16-17H2,1H3,(H,25,27). The maximum Gasteiger partial charge on any atom is 0.255 e. The van der Waals surface area contributed by atoms with Crippen molar-refractivity contribution in [2.45, 2.75) is 37.7 Å². The van der Waals surface area contributed by atoms with E-state index in [1.165, 1.54) is 23.2 Å². The lowest BCUT2D eigenvalue weighted by Crippen LogP contribution is -2.41. The number of aryl methyl sites for hydroxylation is 1. The molecule has 0 aromatic heterocycles. The van der Waals surface area contributed by atoms with Crippen LogP contribution in [0.5, 0.6) is 0 Å². The van der Waals surface area contributed by atoms with E-state index in [1.54, 1.807) is 12.1 Å². The van der Waals surface area contributed by atoms with Crippen molar-refractivity contribution < 1.29 is 22.7 Å². The van der Waals surface area contributed by atoms with Crippen molar-refractivity contribution in [2.24, 2.45) is 5.92 Å². The van der Waals surface area contributed by atoms with Crippen molar-refractivity contribution in [1.82, 2.24) is 4.31 Å². The van der Waals surface area contributed by atoms with Gasteiger partial charge in [0.2, 0.25) is 10.0 Å². The van der Waals surface area contributed by atoms with Crippen LogP contribution in [0.1, 0.15) is 41.3 Å². The minimum Gasteiger partial charge on any atom is -0.379 e. The molecule has 32 heavy (non-hydrogen) atoms. The number of sulfonamides is 1. The predicted octanol–water partition coefficient (Wildman–Crippen LogP) is 3.45. The number of hydrogen-bond donors (Lipinski definition) is 1. The SMILES string of the molecule is CCc1ccc(C(=O)Nc2cccc(COCC3CC3)c2)cc1S(=O)(=O)N1CCOCC1. The van der Waals surface area contributed by atoms with E-state index in [4.69, 9.17) is 9.47 Å². The fourth-order valence-corrected chi connectivity index (χ4v) is 5.45. The number of carbonyl (C=O) groups is 1. The van der Waals surface area contributed by atoms with Crippen molar-refractivity contribution in [3.8, 4) is 0 Å². The number of benzene rings is 2. The Morgan fingerprint density at radius 1 is 1.16 bits per heavy atom. The summed E-state index contributed by atoms with van der Waals surface area (Å²) in [6.45, 7) is 4.58. The molecule has 0 spiro atoms. The Morgan fingerprint density at radius 3 is 2.66 bits per heavy atom. The zero-order chi connectivity index (χ0) is 22.6. The van der Waals surface area contributed by atoms with E-state index in [2.05, 4.69) is 5.32 Å². The molecule has 1 saturated carbocycles. The van der Waals surface area contributed by atoms with Crippen LogP contribution >= 0.6 is 0 Å². The molecule has 2 aromatic rings. The van der Waals surface area contributed by atoms with Gasteiger partial charge in [0.1, 0.15) is 0 Å². The monoisotopic (exact) mass is 458 g/mol. The normalized spacial score (nSPS) is 17.3. The number of carbonyl (C=O) groups excluding carboxylic acids is 1. The molecule has 4 rings (SSSR count). The number of amides is 1. The van der Waals surface area contributed by atoms with Crippen LogP contribution in [0, 0.1) is 5.92 Å². The topological polar surface area (TPSA) is 84.9 Å². The molecular weight excluding hydrogens is 428 g/mol. The summed E-state index contributed by atoms with van der Waals surface area (Å²) < 4.78 is 38.9. The fourth-order valence-electron chi connectivity index (χ4n) is 3.72. The second-order valence-corrected chi connectivity index (χ2v) is 10.2. The van der Waals surface area contributed by atoms with Crippen molar-refractivity contribution in [2.75, 3.05) is 38.2 Å². The maximum absolute atomic E-state index is 13.2. The molecule has 7 nitrogen and oxygen atoms in total. The lowest BCUT2D eigenvalue weighted by atomic mass is 10.1.